The Bertz CT molecular complexity index is 452. The minimum absolute atomic E-state index is 0.0557. The minimum atomic E-state index is -1.02. The van der Waals surface area contributed by atoms with Crippen LogP contribution in [0.3, 0.4) is 0 Å². The van der Waals surface area contributed by atoms with E-state index in [1.807, 2.05) is 0 Å². The van der Waals surface area contributed by atoms with E-state index in [4.69, 9.17) is 5.11 Å². The number of pyridine rings is 1. The van der Waals surface area contributed by atoms with Crippen LogP contribution >= 0.6 is 0 Å². The quantitative estimate of drug-likeness (QED) is 0.699. The van der Waals surface area contributed by atoms with Gasteiger partial charge in [-0.25, -0.2) is 9.78 Å². The van der Waals surface area contributed by atoms with E-state index in [9.17, 15) is 9.90 Å². The van der Waals surface area contributed by atoms with Crippen molar-refractivity contribution in [3.8, 4) is 0 Å². The van der Waals surface area contributed by atoms with Gasteiger partial charge in [0.25, 0.3) is 0 Å². The summed E-state index contributed by atoms with van der Waals surface area (Å²) in [6, 6.07) is 3.18. The summed E-state index contributed by atoms with van der Waals surface area (Å²) in [5, 5.41) is 22.1. The molecule has 1 aromatic rings. The van der Waals surface area contributed by atoms with Crippen molar-refractivity contribution in [2.75, 3.05) is 0 Å². The first kappa shape index (κ1) is 12.0. The van der Waals surface area contributed by atoms with Gasteiger partial charge in [0.2, 0.25) is 0 Å². The molecule has 1 aliphatic rings. The number of carboxylic acids is 1. The average Bonchev–Trinajstić information content (AvgIpc) is 2.26. The maximum Gasteiger partial charge on any atom is 0.354 e. The van der Waals surface area contributed by atoms with Crippen LogP contribution in [0.25, 0.3) is 0 Å². The maximum atomic E-state index is 10.8. The monoisotopic (exact) mass is 236 g/mol. The molecule has 5 heteroatoms. The zero-order valence-electron chi connectivity index (χ0n) is 9.90. The number of aromatic nitrogens is 1. The standard InChI is InChI=1S/C12H16N2O3/c1-12(2,17)10-5-9-7(6-13-10)3-4-8(14-9)11(15)16/h3-4,10,13,17H,5-6H2,1-2H3,(H,15,16). The third-order valence-corrected chi connectivity index (χ3v) is 3.08. The van der Waals surface area contributed by atoms with E-state index in [0.717, 1.165) is 11.3 Å². The van der Waals surface area contributed by atoms with Crippen LogP contribution in [-0.2, 0) is 13.0 Å². The fourth-order valence-corrected chi connectivity index (χ4v) is 1.99. The van der Waals surface area contributed by atoms with Gasteiger partial charge in [-0.15, -0.1) is 0 Å². The van der Waals surface area contributed by atoms with Gasteiger partial charge in [0.15, 0.2) is 0 Å². The molecule has 0 amide bonds. The van der Waals surface area contributed by atoms with Crippen molar-refractivity contribution < 1.29 is 15.0 Å². The molecule has 3 N–H and O–H groups in total. The smallest absolute Gasteiger partial charge is 0.354 e. The highest BCUT2D eigenvalue weighted by molar-refractivity contribution is 5.85. The van der Waals surface area contributed by atoms with Crippen LogP contribution in [0.5, 0.6) is 0 Å². The van der Waals surface area contributed by atoms with Gasteiger partial charge >= 0.3 is 5.97 Å². The maximum absolute atomic E-state index is 10.8. The van der Waals surface area contributed by atoms with Crippen LogP contribution in [0.1, 0.15) is 35.6 Å². The fraction of sp³-hybridized carbons (Fsp3) is 0.500. The van der Waals surface area contributed by atoms with Gasteiger partial charge in [-0.2, -0.15) is 0 Å². The summed E-state index contributed by atoms with van der Waals surface area (Å²) in [5.41, 5.74) is 0.963. The summed E-state index contributed by atoms with van der Waals surface area (Å²) in [6.45, 7) is 4.07. The number of carboxylic acid groups (broad SMARTS) is 1. The van der Waals surface area contributed by atoms with Crippen LogP contribution in [0.15, 0.2) is 12.1 Å². The Labute approximate surface area is 99.5 Å². The van der Waals surface area contributed by atoms with Crippen molar-refractivity contribution >= 4 is 5.97 Å². The molecule has 2 rings (SSSR count). The summed E-state index contributed by atoms with van der Waals surface area (Å²) in [6.07, 6.45) is 0.542. The highest BCUT2D eigenvalue weighted by Crippen LogP contribution is 2.21. The molecule has 5 nitrogen and oxygen atoms in total. The summed E-state index contributed by atoms with van der Waals surface area (Å²) < 4.78 is 0. The van der Waals surface area contributed by atoms with Crippen molar-refractivity contribution in [3.05, 3.63) is 29.1 Å². The second-order valence-electron chi connectivity index (χ2n) is 4.90. The fourth-order valence-electron chi connectivity index (χ4n) is 1.99. The van der Waals surface area contributed by atoms with Gasteiger partial charge in [-0.3, -0.25) is 0 Å². The Balaban J connectivity index is 2.30. The van der Waals surface area contributed by atoms with Gasteiger partial charge < -0.3 is 15.5 Å². The van der Waals surface area contributed by atoms with E-state index in [1.54, 1.807) is 19.9 Å². The molecule has 1 aliphatic heterocycles. The van der Waals surface area contributed by atoms with Gasteiger partial charge in [-0.1, -0.05) is 6.07 Å². The molecule has 0 bridgehead atoms. The predicted molar refractivity (Wildman–Crippen MR) is 61.8 cm³/mol. The number of rotatable bonds is 2. The largest absolute Gasteiger partial charge is 0.477 e. The summed E-state index contributed by atoms with van der Waals surface area (Å²) in [5.74, 6) is -1.02. The molecule has 0 aromatic carbocycles. The molecule has 0 radical (unpaired) electrons. The molecule has 0 saturated carbocycles. The first-order valence-electron chi connectivity index (χ1n) is 5.56. The minimum Gasteiger partial charge on any atom is -0.477 e. The van der Waals surface area contributed by atoms with Gasteiger partial charge in [-0.05, 0) is 25.5 Å². The number of nitrogens with zero attached hydrogens (tertiary/aromatic N) is 1. The SMILES string of the molecule is CC(C)(O)C1Cc2nc(C(=O)O)ccc2CN1. The number of aromatic carboxylic acids is 1. The van der Waals surface area contributed by atoms with E-state index in [0.29, 0.717) is 13.0 Å². The second-order valence-corrected chi connectivity index (χ2v) is 4.90. The van der Waals surface area contributed by atoms with Crippen molar-refractivity contribution in [1.29, 1.82) is 0 Å². The van der Waals surface area contributed by atoms with Gasteiger partial charge in [0.05, 0.1) is 5.60 Å². The third-order valence-electron chi connectivity index (χ3n) is 3.08. The van der Waals surface area contributed by atoms with Crippen molar-refractivity contribution in [2.45, 2.75) is 38.5 Å². The van der Waals surface area contributed by atoms with Gasteiger partial charge in [0.1, 0.15) is 5.69 Å². The lowest BCUT2D eigenvalue weighted by Crippen LogP contribution is -2.50. The van der Waals surface area contributed by atoms with Crippen LogP contribution in [-0.4, -0.2) is 32.8 Å². The molecule has 0 aliphatic carbocycles. The molecule has 1 aromatic heterocycles. The zero-order chi connectivity index (χ0) is 12.6. The Morgan fingerprint density at radius 3 is 2.82 bits per heavy atom. The summed E-state index contributed by atoms with van der Waals surface area (Å²) >= 11 is 0. The first-order valence-corrected chi connectivity index (χ1v) is 5.56. The predicted octanol–water partition coefficient (Wildman–Crippen LogP) is 0.565. The number of fused-ring (bicyclic) bond motifs is 1. The lowest BCUT2D eigenvalue weighted by molar-refractivity contribution is 0.0340. The average molecular weight is 236 g/mol. The number of aliphatic hydroxyl groups is 1. The highest BCUT2D eigenvalue weighted by Gasteiger charge is 2.31. The molecule has 1 unspecified atom stereocenters. The van der Waals surface area contributed by atoms with Crippen LogP contribution in [0.4, 0.5) is 0 Å². The highest BCUT2D eigenvalue weighted by atomic mass is 16.4. The molecule has 17 heavy (non-hydrogen) atoms. The van der Waals surface area contributed by atoms with E-state index < -0.39 is 11.6 Å². The van der Waals surface area contributed by atoms with Crippen molar-refractivity contribution in [3.63, 3.8) is 0 Å². The van der Waals surface area contributed by atoms with E-state index in [-0.39, 0.29) is 11.7 Å². The molecular weight excluding hydrogens is 220 g/mol. The Kier molecular flexibility index (Phi) is 2.89. The van der Waals surface area contributed by atoms with Gasteiger partial charge in [0, 0.05) is 24.7 Å². The normalized spacial score (nSPS) is 19.8. The number of hydrogen-bond acceptors (Lipinski definition) is 4. The van der Waals surface area contributed by atoms with E-state index in [2.05, 4.69) is 10.3 Å². The lowest BCUT2D eigenvalue weighted by atomic mass is 9.90. The Morgan fingerprint density at radius 1 is 1.53 bits per heavy atom. The lowest BCUT2D eigenvalue weighted by Gasteiger charge is -2.34. The van der Waals surface area contributed by atoms with Crippen LogP contribution < -0.4 is 5.32 Å². The molecule has 1 atom stereocenters. The number of nitrogens with one attached hydrogen (secondary N) is 1. The third kappa shape index (κ3) is 2.45. The molecule has 2 heterocycles. The summed E-state index contributed by atoms with van der Waals surface area (Å²) in [7, 11) is 0. The topological polar surface area (TPSA) is 82.5 Å². The molecule has 92 valence electrons. The molecular formula is C12H16N2O3. The number of carbonyl (C=O) groups is 1. The Hall–Kier alpha value is -1.46. The van der Waals surface area contributed by atoms with Crippen molar-refractivity contribution in [2.24, 2.45) is 0 Å². The molecule has 0 fully saturated rings. The summed E-state index contributed by atoms with van der Waals surface area (Å²) in [4.78, 5) is 15.0. The van der Waals surface area contributed by atoms with Crippen molar-refractivity contribution in [1.82, 2.24) is 10.3 Å². The molecule has 0 saturated heterocycles. The van der Waals surface area contributed by atoms with Crippen LogP contribution in [0, 0.1) is 0 Å². The van der Waals surface area contributed by atoms with E-state index in [1.165, 1.54) is 6.07 Å². The number of hydrogen-bond donors (Lipinski definition) is 3. The Morgan fingerprint density at radius 2 is 2.24 bits per heavy atom. The molecule has 0 spiro atoms. The first-order chi connectivity index (χ1) is 7.88. The second kappa shape index (κ2) is 4.09. The van der Waals surface area contributed by atoms with Crippen LogP contribution in [0.2, 0.25) is 0 Å². The van der Waals surface area contributed by atoms with E-state index >= 15 is 0 Å². The zero-order valence-corrected chi connectivity index (χ0v) is 9.90.